The van der Waals surface area contributed by atoms with Crippen LogP contribution in [0.5, 0.6) is 5.75 Å². The van der Waals surface area contributed by atoms with Gasteiger partial charge in [0.05, 0.1) is 12.3 Å². The highest BCUT2D eigenvalue weighted by Crippen LogP contribution is 2.42. The van der Waals surface area contributed by atoms with Gasteiger partial charge in [0.2, 0.25) is 0 Å². The number of pyridine rings is 1. The molecule has 0 spiro atoms. The molecule has 0 saturated heterocycles. The maximum absolute atomic E-state index is 9.37. The van der Waals surface area contributed by atoms with Gasteiger partial charge in [0.25, 0.3) is 0 Å². The Morgan fingerprint density at radius 1 is 1.15 bits per heavy atom. The lowest BCUT2D eigenvalue weighted by molar-refractivity contribution is 0.154. The molecule has 138 valence electrons. The Balaban J connectivity index is 1.56. The molecule has 0 atom stereocenters. The van der Waals surface area contributed by atoms with Crippen LogP contribution in [0.2, 0.25) is 0 Å². The molecule has 1 N–H and O–H groups in total. The lowest BCUT2D eigenvalue weighted by atomic mass is 9.89. The van der Waals surface area contributed by atoms with E-state index in [0.717, 1.165) is 42.3 Å². The van der Waals surface area contributed by atoms with E-state index in [1.54, 1.807) is 0 Å². The second kappa shape index (κ2) is 6.83. The summed E-state index contributed by atoms with van der Waals surface area (Å²) in [7, 11) is 0. The normalized spacial score (nSPS) is 19.4. The van der Waals surface area contributed by atoms with E-state index < -0.39 is 0 Å². The first kappa shape index (κ1) is 17.2. The summed E-state index contributed by atoms with van der Waals surface area (Å²) in [5.41, 5.74) is 1.02. The van der Waals surface area contributed by atoms with Gasteiger partial charge in [-0.1, -0.05) is 20.3 Å². The Kier molecular flexibility index (Phi) is 4.53. The minimum atomic E-state index is -0.164. The van der Waals surface area contributed by atoms with Gasteiger partial charge in [-0.25, -0.2) is 15.0 Å². The average molecular weight is 354 g/mol. The molecule has 26 heavy (non-hydrogen) atoms. The summed E-state index contributed by atoms with van der Waals surface area (Å²) < 4.78 is 6.08. The van der Waals surface area contributed by atoms with Crippen molar-refractivity contribution in [1.82, 2.24) is 15.0 Å². The number of anilines is 2. The first-order valence-electron chi connectivity index (χ1n) is 9.44. The molecule has 0 aromatic carbocycles. The minimum Gasteiger partial charge on any atom is -0.489 e. The third-order valence-electron chi connectivity index (χ3n) is 5.35. The molecule has 6 heteroatoms. The standard InChI is InChI=1S/C20H26N4O2/c1-20(2)13-24(19-16(20)11-21-17(12-25)23-19)18-9-8-15(10-22-18)26-14-6-4-3-5-7-14/h8-11,14,25H,3-7,12-13H2,1-2H3. The van der Waals surface area contributed by atoms with Gasteiger partial charge in [-0.15, -0.1) is 0 Å². The van der Waals surface area contributed by atoms with E-state index in [2.05, 4.69) is 33.7 Å². The number of hydrogen-bond acceptors (Lipinski definition) is 6. The van der Waals surface area contributed by atoms with Crippen molar-refractivity contribution < 1.29 is 9.84 Å². The van der Waals surface area contributed by atoms with Crippen molar-refractivity contribution in [1.29, 1.82) is 0 Å². The zero-order valence-electron chi connectivity index (χ0n) is 15.5. The number of aliphatic hydroxyl groups excluding tert-OH is 1. The van der Waals surface area contributed by atoms with Crippen LogP contribution in [-0.2, 0) is 12.0 Å². The molecule has 0 radical (unpaired) electrons. The number of aromatic nitrogens is 3. The summed E-state index contributed by atoms with van der Waals surface area (Å²) in [4.78, 5) is 15.5. The molecule has 1 aliphatic carbocycles. The van der Waals surface area contributed by atoms with Crippen LogP contribution < -0.4 is 9.64 Å². The SMILES string of the molecule is CC1(C)CN(c2ccc(OC3CCCCC3)cn2)c2nc(CO)ncc21. The average Bonchev–Trinajstić information content (AvgIpc) is 2.94. The molecular weight excluding hydrogens is 328 g/mol. The van der Waals surface area contributed by atoms with Gasteiger partial charge in [-0.05, 0) is 37.8 Å². The smallest absolute Gasteiger partial charge is 0.156 e. The first-order chi connectivity index (χ1) is 12.6. The summed E-state index contributed by atoms with van der Waals surface area (Å²) >= 11 is 0. The fourth-order valence-electron chi connectivity index (χ4n) is 3.89. The molecule has 1 aliphatic heterocycles. The Hall–Kier alpha value is -2.21. The molecule has 2 aromatic rings. The zero-order valence-corrected chi connectivity index (χ0v) is 15.5. The van der Waals surface area contributed by atoms with Crippen LogP contribution in [0.1, 0.15) is 57.3 Å². The molecule has 1 fully saturated rings. The maximum atomic E-state index is 9.37. The second-order valence-electron chi connectivity index (χ2n) is 7.88. The minimum absolute atomic E-state index is 0.0672. The van der Waals surface area contributed by atoms with Crippen molar-refractivity contribution in [2.45, 2.75) is 64.1 Å². The third-order valence-corrected chi connectivity index (χ3v) is 5.35. The number of nitrogens with zero attached hydrogens (tertiary/aromatic N) is 4. The predicted molar refractivity (Wildman–Crippen MR) is 99.7 cm³/mol. The summed E-state index contributed by atoms with van der Waals surface area (Å²) in [6.07, 6.45) is 10.1. The third kappa shape index (κ3) is 3.26. The molecule has 0 bridgehead atoms. The van der Waals surface area contributed by atoms with Crippen molar-refractivity contribution in [3.63, 3.8) is 0 Å². The van der Waals surface area contributed by atoms with Gasteiger partial charge in [0, 0.05) is 23.7 Å². The van der Waals surface area contributed by atoms with E-state index in [9.17, 15) is 5.11 Å². The van der Waals surface area contributed by atoms with E-state index in [4.69, 9.17) is 4.74 Å². The summed E-state index contributed by atoms with van der Waals surface area (Å²) in [6, 6.07) is 3.99. The Labute approximate surface area is 154 Å². The number of fused-ring (bicyclic) bond motifs is 1. The predicted octanol–water partition coefficient (Wildman–Crippen LogP) is 3.50. The lowest BCUT2D eigenvalue weighted by Gasteiger charge is -2.24. The van der Waals surface area contributed by atoms with Gasteiger partial charge < -0.3 is 14.7 Å². The highest BCUT2D eigenvalue weighted by atomic mass is 16.5. The molecule has 0 amide bonds. The monoisotopic (exact) mass is 354 g/mol. The van der Waals surface area contributed by atoms with Gasteiger partial charge >= 0.3 is 0 Å². The van der Waals surface area contributed by atoms with Crippen LogP contribution in [0.3, 0.4) is 0 Å². The molecule has 3 heterocycles. The number of hydrogen-bond donors (Lipinski definition) is 1. The van der Waals surface area contributed by atoms with Gasteiger partial charge in [-0.2, -0.15) is 0 Å². The fraction of sp³-hybridized carbons (Fsp3) is 0.550. The lowest BCUT2D eigenvalue weighted by Crippen LogP contribution is -2.25. The van der Waals surface area contributed by atoms with Crippen LogP contribution in [0.15, 0.2) is 24.5 Å². The molecule has 2 aromatic heterocycles. The summed E-state index contributed by atoms with van der Waals surface area (Å²) in [6.45, 7) is 4.97. The summed E-state index contributed by atoms with van der Waals surface area (Å²) in [5, 5.41) is 9.37. The van der Waals surface area contributed by atoms with Gasteiger partial charge in [0.15, 0.2) is 5.82 Å². The zero-order chi connectivity index (χ0) is 18.1. The van der Waals surface area contributed by atoms with E-state index in [1.165, 1.54) is 19.3 Å². The quantitative estimate of drug-likeness (QED) is 0.906. The highest BCUT2D eigenvalue weighted by molar-refractivity contribution is 5.66. The molecule has 2 aliphatic rings. The Morgan fingerprint density at radius 3 is 2.65 bits per heavy atom. The molecular formula is C20H26N4O2. The van der Waals surface area contributed by atoms with Crippen LogP contribution in [0.4, 0.5) is 11.6 Å². The van der Waals surface area contributed by atoms with E-state index in [1.807, 2.05) is 24.5 Å². The number of ether oxygens (including phenoxy) is 1. The largest absolute Gasteiger partial charge is 0.489 e. The summed E-state index contributed by atoms with van der Waals surface area (Å²) in [5.74, 6) is 2.94. The molecule has 6 nitrogen and oxygen atoms in total. The highest BCUT2D eigenvalue weighted by Gasteiger charge is 2.38. The van der Waals surface area contributed by atoms with Crippen LogP contribution in [-0.4, -0.2) is 32.7 Å². The van der Waals surface area contributed by atoms with Crippen LogP contribution >= 0.6 is 0 Å². The molecule has 0 unspecified atom stereocenters. The van der Waals surface area contributed by atoms with Crippen molar-refractivity contribution in [2.75, 3.05) is 11.4 Å². The molecule has 1 saturated carbocycles. The Morgan fingerprint density at radius 2 is 1.96 bits per heavy atom. The van der Waals surface area contributed by atoms with Crippen LogP contribution in [0.25, 0.3) is 0 Å². The molecule has 4 rings (SSSR count). The number of aliphatic hydroxyl groups is 1. The van der Waals surface area contributed by atoms with Crippen LogP contribution in [0, 0.1) is 0 Å². The van der Waals surface area contributed by atoms with Crippen molar-refractivity contribution in [3.8, 4) is 5.75 Å². The van der Waals surface area contributed by atoms with Gasteiger partial charge in [0.1, 0.15) is 24.0 Å². The van der Waals surface area contributed by atoms with Gasteiger partial charge in [-0.3, -0.25) is 0 Å². The maximum Gasteiger partial charge on any atom is 0.156 e. The van der Waals surface area contributed by atoms with E-state index in [-0.39, 0.29) is 12.0 Å². The second-order valence-corrected chi connectivity index (χ2v) is 7.88. The van der Waals surface area contributed by atoms with Crippen molar-refractivity contribution in [2.24, 2.45) is 0 Å². The topological polar surface area (TPSA) is 71.4 Å². The van der Waals surface area contributed by atoms with E-state index in [0.29, 0.717) is 11.9 Å². The van der Waals surface area contributed by atoms with Crippen molar-refractivity contribution >= 4 is 11.6 Å². The first-order valence-corrected chi connectivity index (χ1v) is 9.44. The Bertz CT molecular complexity index is 770. The van der Waals surface area contributed by atoms with Crippen molar-refractivity contribution in [3.05, 3.63) is 35.9 Å². The fourth-order valence-corrected chi connectivity index (χ4v) is 3.89. The van der Waals surface area contributed by atoms with E-state index >= 15 is 0 Å². The number of rotatable bonds is 4.